The van der Waals surface area contributed by atoms with Crippen LogP contribution in [0.25, 0.3) is 0 Å². The standard InChI is InChI=1S/C15H21Cl/c1-10-11(2)13-6-5-7-15(3,4)14(13)8-12(10)9-16/h8H,5-7,9H2,1-4H3. The molecule has 0 radical (unpaired) electrons. The number of alkyl halides is 1. The molecule has 0 aromatic heterocycles. The molecule has 1 heteroatoms. The average Bonchev–Trinajstić information content (AvgIpc) is 2.23. The van der Waals surface area contributed by atoms with E-state index in [9.17, 15) is 0 Å². The van der Waals surface area contributed by atoms with Gasteiger partial charge in [-0.25, -0.2) is 0 Å². The SMILES string of the molecule is Cc1c(CCl)cc2c(c1C)CCCC2(C)C. The van der Waals surface area contributed by atoms with Crippen LogP contribution >= 0.6 is 11.6 Å². The Morgan fingerprint density at radius 2 is 1.94 bits per heavy atom. The second kappa shape index (κ2) is 4.07. The summed E-state index contributed by atoms with van der Waals surface area (Å²) in [5.41, 5.74) is 7.63. The Balaban J connectivity index is 2.67. The van der Waals surface area contributed by atoms with Crippen molar-refractivity contribution in [1.82, 2.24) is 0 Å². The van der Waals surface area contributed by atoms with Crippen molar-refractivity contribution >= 4 is 11.6 Å². The van der Waals surface area contributed by atoms with Crippen LogP contribution in [0.1, 0.15) is 54.5 Å². The predicted octanol–water partition coefficient (Wildman–Crippen LogP) is 4.66. The average molecular weight is 237 g/mol. The summed E-state index contributed by atoms with van der Waals surface area (Å²) in [5, 5.41) is 0. The summed E-state index contributed by atoms with van der Waals surface area (Å²) in [6, 6.07) is 2.35. The van der Waals surface area contributed by atoms with Gasteiger partial charge in [-0.05, 0) is 66.3 Å². The van der Waals surface area contributed by atoms with Crippen LogP contribution in [0, 0.1) is 13.8 Å². The minimum Gasteiger partial charge on any atom is -0.122 e. The molecule has 0 nitrogen and oxygen atoms in total. The number of rotatable bonds is 1. The van der Waals surface area contributed by atoms with Crippen LogP contribution in [0.3, 0.4) is 0 Å². The molecule has 2 rings (SSSR count). The van der Waals surface area contributed by atoms with E-state index in [4.69, 9.17) is 11.6 Å². The molecular formula is C15H21Cl. The van der Waals surface area contributed by atoms with Crippen LogP contribution < -0.4 is 0 Å². The molecule has 0 spiro atoms. The lowest BCUT2D eigenvalue weighted by Gasteiger charge is -2.34. The lowest BCUT2D eigenvalue weighted by molar-refractivity contribution is 0.430. The van der Waals surface area contributed by atoms with E-state index >= 15 is 0 Å². The third-order valence-corrected chi connectivity index (χ3v) is 4.53. The van der Waals surface area contributed by atoms with Crippen LogP contribution in [0.4, 0.5) is 0 Å². The van der Waals surface area contributed by atoms with E-state index in [1.54, 1.807) is 5.56 Å². The number of fused-ring (bicyclic) bond motifs is 1. The van der Waals surface area contributed by atoms with E-state index < -0.39 is 0 Å². The zero-order valence-electron chi connectivity index (χ0n) is 10.8. The maximum absolute atomic E-state index is 6.04. The van der Waals surface area contributed by atoms with Crippen molar-refractivity contribution in [2.75, 3.05) is 0 Å². The van der Waals surface area contributed by atoms with E-state index in [0.29, 0.717) is 11.3 Å². The van der Waals surface area contributed by atoms with Gasteiger partial charge in [-0.15, -0.1) is 11.6 Å². The highest BCUT2D eigenvalue weighted by molar-refractivity contribution is 6.17. The second-order valence-electron chi connectivity index (χ2n) is 5.68. The minimum atomic E-state index is 0.326. The molecule has 1 aromatic carbocycles. The smallest absolute Gasteiger partial charge is 0.0476 e. The van der Waals surface area contributed by atoms with Gasteiger partial charge in [0.2, 0.25) is 0 Å². The lowest BCUT2D eigenvalue weighted by Crippen LogP contribution is -2.25. The Labute approximate surface area is 104 Å². The Hall–Kier alpha value is -0.490. The van der Waals surface area contributed by atoms with Crippen molar-refractivity contribution in [3.05, 3.63) is 33.9 Å². The van der Waals surface area contributed by atoms with Gasteiger partial charge in [0.1, 0.15) is 0 Å². The molecule has 0 aliphatic heterocycles. The molecule has 0 N–H and O–H groups in total. The fourth-order valence-electron chi connectivity index (χ4n) is 2.95. The zero-order chi connectivity index (χ0) is 11.9. The predicted molar refractivity (Wildman–Crippen MR) is 71.4 cm³/mol. The van der Waals surface area contributed by atoms with Gasteiger partial charge < -0.3 is 0 Å². The van der Waals surface area contributed by atoms with Crippen LogP contribution in [-0.4, -0.2) is 0 Å². The van der Waals surface area contributed by atoms with Crippen molar-refractivity contribution in [2.45, 2.75) is 58.3 Å². The third kappa shape index (κ3) is 1.78. The molecule has 0 amide bonds. The number of hydrogen-bond acceptors (Lipinski definition) is 0. The van der Waals surface area contributed by atoms with Crippen LogP contribution in [-0.2, 0) is 17.7 Å². The first kappa shape index (κ1) is 12.0. The van der Waals surface area contributed by atoms with Crippen LogP contribution in [0.5, 0.6) is 0 Å². The third-order valence-electron chi connectivity index (χ3n) is 4.24. The van der Waals surface area contributed by atoms with Crippen molar-refractivity contribution in [1.29, 1.82) is 0 Å². The van der Waals surface area contributed by atoms with Crippen molar-refractivity contribution in [3.8, 4) is 0 Å². The minimum absolute atomic E-state index is 0.326. The van der Waals surface area contributed by atoms with Crippen LogP contribution in [0.2, 0.25) is 0 Å². The van der Waals surface area contributed by atoms with E-state index in [2.05, 4.69) is 33.8 Å². The lowest BCUT2D eigenvalue weighted by atomic mass is 9.70. The Morgan fingerprint density at radius 1 is 1.25 bits per heavy atom. The van der Waals surface area contributed by atoms with Gasteiger partial charge in [-0.1, -0.05) is 19.9 Å². The fourth-order valence-corrected chi connectivity index (χ4v) is 3.22. The van der Waals surface area contributed by atoms with Gasteiger partial charge in [0.05, 0.1) is 0 Å². The normalized spacial score (nSPS) is 18.3. The first-order valence-corrected chi connectivity index (χ1v) is 6.69. The molecule has 1 aromatic rings. The van der Waals surface area contributed by atoms with Gasteiger partial charge in [0, 0.05) is 5.88 Å². The molecule has 0 heterocycles. The quantitative estimate of drug-likeness (QED) is 0.623. The van der Waals surface area contributed by atoms with Gasteiger partial charge in [-0.3, -0.25) is 0 Å². The second-order valence-corrected chi connectivity index (χ2v) is 5.95. The number of benzene rings is 1. The molecule has 1 aliphatic rings. The monoisotopic (exact) mass is 236 g/mol. The highest BCUT2D eigenvalue weighted by Crippen LogP contribution is 2.40. The number of halogens is 1. The fraction of sp³-hybridized carbons (Fsp3) is 0.600. The molecule has 0 bridgehead atoms. The first-order chi connectivity index (χ1) is 7.47. The summed E-state index contributed by atoms with van der Waals surface area (Å²) in [6.07, 6.45) is 3.86. The van der Waals surface area contributed by atoms with Gasteiger partial charge in [0.25, 0.3) is 0 Å². The molecule has 0 saturated carbocycles. The highest BCUT2D eigenvalue weighted by Gasteiger charge is 2.29. The van der Waals surface area contributed by atoms with Crippen molar-refractivity contribution in [2.24, 2.45) is 0 Å². The summed E-state index contributed by atoms with van der Waals surface area (Å²) in [5.74, 6) is 0.635. The van der Waals surface area contributed by atoms with Crippen molar-refractivity contribution in [3.63, 3.8) is 0 Å². The topological polar surface area (TPSA) is 0 Å². The van der Waals surface area contributed by atoms with Crippen molar-refractivity contribution < 1.29 is 0 Å². The van der Waals surface area contributed by atoms with E-state index in [-0.39, 0.29) is 0 Å². The summed E-state index contributed by atoms with van der Waals surface area (Å²) >= 11 is 6.04. The highest BCUT2D eigenvalue weighted by atomic mass is 35.5. The van der Waals surface area contributed by atoms with E-state index in [0.717, 1.165) is 0 Å². The molecule has 0 saturated heterocycles. The zero-order valence-corrected chi connectivity index (χ0v) is 11.5. The van der Waals surface area contributed by atoms with Gasteiger partial charge >= 0.3 is 0 Å². The number of hydrogen-bond donors (Lipinski definition) is 0. The maximum Gasteiger partial charge on any atom is 0.0476 e. The molecular weight excluding hydrogens is 216 g/mol. The maximum atomic E-state index is 6.04. The molecule has 88 valence electrons. The van der Waals surface area contributed by atoms with Crippen LogP contribution in [0.15, 0.2) is 6.07 Å². The molecule has 0 atom stereocenters. The first-order valence-electron chi connectivity index (χ1n) is 6.16. The summed E-state index contributed by atoms with van der Waals surface area (Å²) < 4.78 is 0. The summed E-state index contributed by atoms with van der Waals surface area (Å²) in [7, 11) is 0. The molecule has 0 fully saturated rings. The molecule has 0 unspecified atom stereocenters. The Kier molecular flexibility index (Phi) is 3.05. The largest absolute Gasteiger partial charge is 0.122 e. The van der Waals surface area contributed by atoms with E-state index in [1.807, 2.05) is 0 Å². The summed E-state index contributed by atoms with van der Waals surface area (Å²) in [4.78, 5) is 0. The molecule has 1 aliphatic carbocycles. The van der Waals surface area contributed by atoms with Gasteiger partial charge in [-0.2, -0.15) is 0 Å². The molecule has 16 heavy (non-hydrogen) atoms. The Bertz CT molecular complexity index is 416. The Morgan fingerprint density at radius 3 is 2.56 bits per heavy atom. The van der Waals surface area contributed by atoms with E-state index in [1.165, 1.54) is 41.5 Å². The van der Waals surface area contributed by atoms with Gasteiger partial charge in [0.15, 0.2) is 0 Å². The summed E-state index contributed by atoms with van der Waals surface area (Å²) in [6.45, 7) is 9.18.